The first-order chi connectivity index (χ1) is 13.6. The van der Waals surface area contributed by atoms with E-state index in [1.807, 2.05) is 20.9 Å². The maximum atomic E-state index is 5.50. The number of nitrogens with zero attached hydrogens (tertiary/aromatic N) is 4. The third-order valence-corrected chi connectivity index (χ3v) is 5.31. The summed E-state index contributed by atoms with van der Waals surface area (Å²) < 4.78 is 10.8. The number of nitrogens with one attached hydrogen (secondary N) is 1. The SMILES string of the molecule is CCOC(C)c1noc(CNC(=NC)N2CCC(c3ccccc3)C(C)C2)n1.I. The lowest BCUT2D eigenvalue weighted by Crippen LogP contribution is -2.47. The molecule has 1 aromatic heterocycles. The Labute approximate surface area is 190 Å². The van der Waals surface area contributed by atoms with Gasteiger partial charge in [0.2, 0.25) is 5.89 Å². The Morgan fingerprint density at radius 1 is 1.38 bits per heavy atom. The van der Waals surface area contributed by atoms with Gasteiger partial charge in [-0.1, -0.05) is 42.4 Å². The van der Waals surface area contributed by atoms with Crippen molar-refractivity contribution in [1.82, 2.24) is 20.4 Å². The molecule has 0 radical (unpaired) electrons. The average molecular weight is 513 g/mol. The van der Waals surface area contributed by atoms with Gasteiger partial charge in [0.15, 0.2) is 11.8 Å². The van der Waals surface area contributed by atoms with Crippen molar-refractivity contribution in [2.45, 2.75) is 45.8 Å². The standard InChI is InChI=1S/C21H31N5O2.HI/c1-5-27-16(3)20-24-19(28-25-20)13-23-21(22-4)26-12-11-18(15(2)14-26)17-9-7-6-8-10-17;/h6-10,15-16,18H,5,11-14H2,1-4H3,(H,22,23);1H. The number of ether oxygens (including phenoxy) is 1. The molecule has 0 spiro atoms. The molecule has 1 aliphatic heterocycles. The number of aromatic nitrogens is 2. The third kappa shape index (κ3) is 6.15. The summed E-state index contributed by atoms with van der Waals surface area (Å²) in [6, 6.07) is 10.8. The minimum atomic E-state index is -0.167. The molecule has 29 heavy (non-hydrogen) atoms. The summed E-state index contributed by atoms with van der Waals surface area (Å²) in [6.07, 6.45) is 0.947. The summed E-state index contributed by atoms with van der Waals surface area (Å²) in [5.74, 6) is 3.13. The molecular formula is C21H32IN5O2. The van der Waals surface area contributed by atoms with Crippen LogP contribution in [0.25, 0.3) is 0 Å². The van der Waals surface area contributed by atoms with Gasteiger partial charge in [0.25, 0.3) is 0 Å². The highest BCUT2D eigenvalue weighted by molar-refractivity contribution is 14.0. The average Bonchev–Trinajstić information content (AvgIpc) is 3.19. The van der Waals surface area contributed by atoms with Gasteiger partial charge in [-0.05, 0) is 37.7 Å². The normalized spacial score (nSPS) is 20.8. The quantitative estimate of drug-likeness (QED) is 0.358. The van der Waals surface area contributed by atoms with Crippen molar-refractivity contribution >= 4 is 29.9 Å². The Kier molecular flexibility index (Phi) is 9.35. The number of benzene rings is 1. The molecule has 0 saturated carbocycles. The molecule has 1 N–H and O–H groups in total. The predicted octanol–water partition coefficient (Wildman–Crippen LogP) is 3.99. The highest BCUT2D eigenvalue weighted by atomic mass is 127. The van der Waals surface area contributed by atoms with E-state index in [4.69, 9.17) is 9.26 Å². The Bertz CT molecular complexity index is 767. The topological polar surface area (TPSA) is 75.8 Å². The van der Waals surface area contributed by atoms with Crippen LogP contribution in [0.2, 0.25) is 0 Å². The van der Waals surface area contributed by atoms with E-state index in [1.165, 1.54) is 5.56 Å². The molecule has 3 rings (SSSR count). The van der Waals surface area contributed by atoms with Crippen LogP contribution in [-0.4, -0.2) is 47.7 Å². The summed E-state index contributed by atoms with van der Waals surface area (Å²) >= 11 is 0. The van der Waals surface area contributed by atoms with Gasteiger partial charge >= 0.3 is 0 Å². The first-order valence-electron chi connectivity index (χ1n) is 10.1. The summed E-state index contributed by atoms with van der Waals surface area (Å²) in [4.78, 5) is 11.2. The fourth-order valence-corrected chi connectivity index (χ4v) is 3.85. The Balaban J connectivity index is 0.00000300. The monoisotopic (exact) mass is 513 g/mol. The molecular weight excluding hydrogens is 481 g/mol. The Morgan fingerprint density at radius 2 is 2.14 bits per heavy atom. The number of piperidine rings is 1. The first-order valence-corrected chi connectivity index (χ1v) is 10.1. The smallest absolute Gasteiger partial charge is 0.246 e. The first kappa shape index (κ1) is 23.6. The molecule has 2 heterocycles. The van der Waals surface area contributed by atoms with E-state index in [0.29, 0.717) is 36.7 Å². The van der Waals surface area contributed by atoms with Crippen molar-refractivity contribution in [2.75, 3.05) is 26.7 Å². The van der Waals surface area contributed by atoms with Gasteiger partial charge in [-0.3, -0.25) is 4.99 Å². The fourth-order valence-electron chi connectivity index (χ4n) is 3.85. The minimum absolute atomic E-state index is 0. The van der Waals surface area contributed by atoms with Crippen molar-refractivity contribution in [3.8, 4) is 0 Å². The molecule has 1 saturated heterocycles. The number of likely N-dealkylation sites (tertiary alicyclic amines) is 1. The van der Waals surface area contributed by atoms with E-state index >= 15 is 0 Å². The van der Waals surface area contributed by atoms with Crippen LogP contribution in [0.5, 0.6) is 0 Å². The number of guanidine groups is 1. The van der Waals surface area contributed by atoms with Crippen molar-refractivity contribution in [3.63, 3.8) is 0 Å². The van der Waals surface area contributed by atoms with E-state index in [-0.39, 0.29) is 30.1 Å². The number of halogens is 1. The largest absolute Gasteiger partial charge is 0.371 e. The molecule has 8 heteroatoms. The highest BCUT2D eigenvalue weighted by Gasteiger charge is 2.28. The zero-order valence-electron chi connectivity index (χ0n) is 17.7. The second-order valence-electron chi connectivity index (χ2n) is 7.27. The number of aliphatic imine (C=N–C) groups is 1. The van der Waals surface area contributed by atoms with Gasteiger partial charge in [-0.15, -0.1) is 24.0 Å². The lowest BCUT2D eigenvalue weighted by Gasteiger charge is -2.38. The van der Waals surface area contributed by atoms with Crippen LogP contribution < -0.4 is 5.32 Å². The number of rotatable bonds is 6. The summed E-state index contributed by atoms with van der Waals surface area (Å²) in [5.41, 5.74) is 1.43. The molecule has 1 fully saturated rings. The molecule has 0 aliphatic carbocycles. The maximum Gasteiger partial charge on any atom is 0.246 e. The molecule has 3 unspecified atom stereocenters. The summed E-state index contributed by atoms with van der Waals surface area (Å²) in [7, 11) is 1.81. The zero-order valence-corrected chi connectivity index (χ0v) is 20.0. The second-order valence-corrected chi connectivity index (χ2v) is 7.27. The maximum absolute atomic E-state index is 5.50. The fraction of sp³-hybridized carbons (Fsp3) is 0.571. The molecule has 160 valence electrons. The summed E-state index contributed by atoms with van der Waals surface area (Å²) in [6.45, 7) is 9.19. The molecule has 1 aliphatic rings. The van der Waals surface area contributed by atoms with Gasteiger partial charge < -0.3 is 19.5 Å². The van der Waals surface area contributed by atoms with Crippen LogP contribution in [0.4, 0.5) is 0 Å². The number of hydrogen-bond acceptors (Lipinski definition) is 5. The van der Waals surface area contributed by atoms with Crippen LogP contribution in [0.3, 0.4) is 0 Å². The van der Waals surface area contributed by atoms with Gasteiger partial charge in [-0.2, -0.15) is 4.98 Å². The van der Waals surface area contributed by atoms with Crippen LogP contribution in [0, 0.1) is 5.92 Å². The zero-order chi connectivity index (χ0) is 19.9. The second kappa shape index (κ2) is 11.5. The highest BCUT2D eigenvalue weighted by Crippen LogP contribution is 2.32. The molecule has 1 aromatic carbocycles. The van der Waals surface area contributed by atoms with Crippen molar-refractivity contribution in [2.24, 2.45) is 10.9 Å². The van der Waals surface area contributed by atoms with Crippen molar-refractivity contribution < 1.29 is 9.26 Å². The molecule has 3 atom stereocenters. The van der Waals surface area contributed by atoms with Crippen LogP contribution in [0.15, 0.2) is 39.8 Å². The predicted molar refractivity (Wildman–Crippen MR) is 124 cm³/mol. The van der Waals surface area contributed by atoms with E-state index in [1.54, 1.807) is 0 Å². The van der Waals surface area contributed by atoms with Gasteiger partial charge in [-0.25, -0.2) is 0 Å². The van der Waals surface area contributed by atoms with Gasteiger partial charge in [0, 0.05) is 26.7 Å². The van der Waals surface area contributed by atoms with Crippen LogP contribution in [-0.2, 0) is 11.3 Å². The van der Waals surface area contributed by atoms with Gasteiger partial charge in [0.1, 0.15) is 6.10 Å². The minimum Gasteiger partial charge on any atom is -0.371 e. The van der Waals surface area contributed by atoms with E-state index in [2.05, 4.69) is 62.6 Å². The Morgan fingerprint density at radius 3 is 2.79 bits per heavy atom. The van der Waals surface area contributed by atoms with Crippen LogP contribution in [0.1, 0.15) is 56.5 Å². The van der Waals surface area contributed by atoms with Crippen molar-refractivity contribution in [3.05, 3.63) is 47.6 Å². The lowest BCUT2D eigenvalue weighted by atomic mass is 9.82. The van der Waals surface area contributed by atoms with E-state index in [0.717, 1.165) is 25.5 Å². The molecule has 7 nitrogen and oxygen atoms in total. The van der Waals surface area contributed by atoms with E-state index < -0.39 is 0 Å². The van der Waals surface area contributed by atoms with Gasteiger partial charge in [0.05, 0.1) is 6.54 Å². The lowest BCUT2D eigenvalue weighted by molar-refractivity contribution is 0.0683. The molecule has 2 aromatic rings. The number of hydrogen-bond donors (Lipinski definition) is 1. The molecule has 0 bridgehead atoms. The van der Waals surface area contributed by atoms with Crippen molar-refractivity contribution in [1.29, 1.82) is 0 Å². The summed E-state index contributed by atoms with van der Waals surface area (Å²) in [5, 5.41) is 7.36. The van der Waals surface area contributed by atoms with Crippen LogP contribution >= 0.6 is 24.0 Å². The molecule has 0 amide bonds. The van der Waals surface area contributed by atoms with E-state index in [9.17, 15) is 0 Å². The Hall–Kier alpha value is -1.68. The third-order valence-electron chi connectivity index (χ3n) is 5.31.